The van der Waals surface area contributed by atoms with Crippen molar-refractivity contribution in [3.05, 3.63) is 35.1 Å². The quantitative estimate of drug-likeness (QED) is 0.794. The molecule has 9 heteroatoms. The van der Waals surface area contributed by atoms with Gasteiger partial charge in [0.25, 0.3) is 5.91 Å². The molecule has 1 aromatic rings. The number of carbonyl (C=O) groups excluding carboxylic acids is 1. The highest BCUT2D eigenvalue weighted by atomic mass is 19.4. The van der Waals surface area contributed by atoms with Gasteiger partial charge in [-0.05, 0) is 32.0 Å². The summed E-state index contributed by atoms with van der Waals surface area (Å²) < 4.78 is 51.7. The lowest BCUT2D eigenvalue weighted by atomic mass is 10.0. The molecule has 1 N–H and O–H groups in total. The van der Waals surface area contributed by atoms with Gasteiger partial charge in [0.15, 0.2) is 0 Å². The van der Waals surface area contributed by atoms with Crippen LogP contribution in [0.5, 0.6) is 0 Å². The zero-order valence-electron chi connectivity index (χ0n) is 13.0. The summed E-state index contributed by atoms with van der Waals surface area (Å²) in [6.45, 7) is 3.28. The maximum absolute atomic E-state index is 14.0. The number of rotatable bonds is 1. The van der Waals surface area contributed by atoms with Crippen molar-refractivity contribution >= 4 is 12.0 Å². The zero-order chi connectivity index (χ0) is 18.2. The van der Waals surface area contributed by atoms with Crippen LogP contribution in [0.2, 0.25) is 0 Å². The molecule has 0 bridgehead atoms. The predicted molar refractivity (Wildman–Crippen MR) is 76.1 cm³/mol. The first-order valence-electron chi connectivity index (χ1n) is 7.19. The molecule has 1 aliphatic rings. The third-order valence-electron chi connectivity index (χ3n) is 4.02. The lowest BCUT2D eigenvalue weighted by Crippen LogP contribution is -2.59. The van der Waals surface area contributed by atoms with Gasteiger partial charge in [-0.3, -0.25) is 4.79 Å². The maximum Gasteiger partial charge on any atom is 0.416 e. The Kier molecular flexibility index (Phi) is 4.73. The number of alkyl halides is 3. The molecule has 1 fully saturated rings. The second kappa shape index (κ2) is 6.29. The van der Waals surface area contributed by atoms with Crippen LogP contribution < -0.4 is 0 Å². The van der Waals surface area contributed by atoms with E-state index in [2.05, 4.69) is 0 Å². The Hall–Kier alpha value is -2.32. The number of hydrogen-bond donors (Lipinski definition) is 1. The molecule has 0 spiro atoms. The Morgan fingerprint density at radius 2 is 1.67 bits per heavy atom. The summed E-state index contributed by atoms with van der Waals surface area (Å²) in [6.07, 6.45) is -5.82. The van der Waals surface area contributed by atoms with Gasteiger partial charge in [0.1, 0.15) is 5.82 Å². The summed E-state index contributed by atoms with van der Waals surface area (Å²) in [6, 6.07) is 0.723. The van der Waals surface area contributed by atoms with Crippen LogP contribution in [-0.2, 0) is 6.18 Å². The molecule has 24 heavy (non-hydrogen) atoms. The Bertz CT molecular complexity index is 663. The van der Waals surface area contributed by atoms with Gasteiger partial charge >= 0.3 is 12.3 Å². The molecule has 2 amide bonds. The highest BCUT2D eigenvalue weighted by Gasteiger charge is 2.36. The van der Waals surface area contributed by atoms with Crippen molar-refractivity contribution < 1.29 is 32.3 Å². The lowest BCUT2D eigenvalue weighted by molar-refractivity contribution is -0.137. The van der Waals surface area contributed by atoms with E-state index in [9.17, 15) is 27.2 Å². The highest BCUT2D eigenvalue weighted by Crippen LogP contribution is 2.30. The Morgan fingerprint density at radius 1 is 1.12 bits per heavy atom. The van der Waals surface area contributed by atoms with Crippen molar-refractivity contribution in [3.8, 4) is 0 Å². The summed E-state index contributed by atoms with van der Waals surface area (Å²) in [5.74, 6) is -2.01. The summed E-state index contributed by atoms with van der Waals surface area (Å²) in [5, 5.41) is 9.08. The smallest absolute Gasteiger partial charge is 0.416 e. The van der Waals surface area contributed by atoms with E-state index in [-0.39, 0.29) is 19.2 Å². The van der Waals surface area contributed by atoms with Gasteiger partial charge in [0.05, 0.1) is 11.1 Å². The van der Waals surface area contributed by atoms with Crippen molar-refractivity contribution in [1.29, 1.82) is 0 Å². The molecule has 1 saturated heterocycles. The van der Waals surface area contributed by atoms with Gasteiger partial charge in [-0.15, -0.1) is 0 Å². The Labute approximate surface area is 135 Å². The molecule has 0 aliphatic carbocycles. The largest absolute Gasteiger partial charge is 0.465 e. The summed E-state index contributed by atoms with van der Waals surface area (Å²) in [7, 11) is 0. The van der Waals surface area contributed by atoms with Crippen LogP contribution in [-0.4, -0.2) is 52.1 Å². The van der Waals surface area contributed by atoms with Crippen LogP contribution >= 0.6 is 0 Å². The molecular weight excluding hydrogens is 332 g/mol. The normalized spacial score (nSPS) is 21.8. The van der Waals surface area contributed by atoms with Crippen molar-refractivity contribution in [2.45, 2.75) is 32.1 Å². The van der Waals surface area contributed by atoms with Gasteiger partial charge in [0.2, 0.25) is 0 Å². The summed E-state index contributed by atoms with van der Waals surface area (Å²) in [5.41, 5.74) is -1.64. The van der Waals surface area contributed by atoms with Crippen molar-refractivity contribution in [2.24, 2.45) is 0 Å². The second-order valence-corrected chi connectivity index (χ2v) is 5.78. The average Bonchev–Trinajstić information content (AvgIpc) is 2.47. The van der Waals surface area contributed by atoms with E-state index in [0.717, 1.165) is 11.0 Å². The van der Waals surface area contributed by atoms with E-state index in [0.29, 0.717) is 6.07 Å². The molecule has 1 heterocycles. The molecule has 1 aromatic carbocycles. The number of hydrogen-bond acceptors (Lipinski definition) is 2. The second-order valence-electron chi connectivity index (χ2n) is 5.78. The summed E-state index contributed by atoms with van der Waals surface area (Å²) >= 11 is 0. The number of amides is 2. The monoisotopic (exact) mass is 348 g/mol. The van der Waals surface area contributed by atoms with Crippen LogP contribution in [0.4, 0.5) is 22.4 Å². The molecule has 1 aliphatic heterocycles. The molecule has 0 saturated carbocycles. The van der Waals surface area contributed by atoms with E-state index in [4.69, 9.17) is 5.11 Å². The number of carboxylic acid groups (broad SMARTS) is 1. The first-order chi connectivity index (χ1) is 11.0. The van der Waals surface area contributed by atoms with Gasteiger partial charge in [-0.2, -0.15) is 13.2 Å². The van der Waals surface area contributed by atoms with Crippen molar-refractivity contribution in [3.63, 3.8) is 0 Å². The molecule has 0 radical (unpaired) electrons. The molecule has 2 atom stereocenters. The van der Waals surface area contributed by atoms with Crippen molar-refractivity contribution in [1.82, 2.24) is 9.80 Å². The number of halogens is 4. The predicted octanol–water partition coefficient (Wildman–Crippen LogP) is 3.06. The molecule has 132 valence electrons. The highest BCUT2D eigenvalue weighted by molar-refractivity contribution is 5.95. The van der Waals surface area contributed by atoms with E-state index in [1.165, 1.54) is 4.90 Å². The molecular formula is C15H16F4N2O3. The van der Waals surface area contributed by atoms with Crippen LogP contribution in [0.1, 0.15) is 29.8 Å². The first-order valence-corrected chi connectivity index (χ1v) is 7.19. The van der Waals surface area contributed by atoms with Crippen LogP contribution in [0.25, 0.3) is 0 Å². The molecule has 2 rings (SSSR count). The van der Waals surface area contributed by atoms with E-state index < -0.39 is 47.2 Å². The van der Waals surface area contributed by atoms with Gasteiger partial charge in [-0.1, -0.05) is 0 Å². The minimum Gasteiger partial charge on any atom is -0.465 e. The summed E-state index contributed by atoms with van der Waals surface area (Å²) in [4.78, 5) is 26.0. The van der Waals surface area contributed by atoms with Gasteiger partial charge < -0.3 is 14.9 Å². The van der Waals surface area contributed by atoms with Crippen molar-refractivity contribution in [2.75, 3.05) is 13.1 Å². The third kappa shape index (κ3) is 3.44. The van der Waals surface area contributed by atoms with E-state index in [1.54, 1.807) is 13.8 Å². The van der Waals surface area contributed by atoms with Crippen LogP contribution in [0.3, 0.4) is 0 Å². The lowest BCUT2D eigenvalue weighted by Gasteiger charge is -2.42. The maximum atomic E-state index is 14.0. The van der Waals surface area contributed by atoms with Crippen LogP contribution in [0, 0.1) is 5.82 Å². The number of nitrogens with zero attached hydrogens (tertiary/aromatic N) is 2. The number of carbonyl (C=O) groups is 2. The molecule has 5 nitrogen and oxygen atoms in total. The SMILES string of the molecule is C[C@@H]1CN(C(=O)O)[C@@H](C)CN1C(=O)c1ccc(C(F)(F)F)cc1F. The Morgan fingerprint density at radius 3 is 2.17 bits per heavy atom. The van der Waals surface area contributed by atoms with Gasteiger partial charge in [-0.25, -0.2) is 9.18 Å². The minimum atomic E-state index is -4.70. The van der Waals surface area contributed by atoms with E-state index in [1.807, 2.05) is 0 Å². The number of piperazine rings is 1. The van der Waals surface area contributed by atoms with Crippen LogP contribution in [0.15, 0.2) is 18.2 Å². The Balaban J connectivity index is 2.25. The average molecular weight is 348 g/mol. The molecule has 0 unspecified atom stereocenters. The molecule has 0 aromatic heterocycles. The minimum absolute atomic E-state index is 0.0345. The first kappa shape index (κ1) is 18.0. The van der Waals surface area contributed by atoms with Gasteiger partial charge in [0, 0.05) is 25.2 Å². The fourth-order valence-corrected chi connectivity index (χ4v) is 2.70. The zero-order valence-corrected chi connectivity index (χ0v) is 13.0. The fourth-order valence-electron chi connectivity index (χ4n) is 2.70. The topological polar surface area (TPSA) is 60.9 Å². The van der Waals surface area contributed by atoms with E-state index >= 15 is 0 Å². The standard InChI is InChI=1S/C15H16F4N2O3/c1-8-7-21(14(23)24)9(2)6-20(8)13(22)11-4-3-10(5-12(11)16)15(17,18)19/h3-5,8-9H,6-7H2,1-2H3,(H,23,24)/t8-,9+/m1/s1. The third-order valence-corrected chi connectivity index (χ3v) is 4.02. The number of benzene rings is 1. The fraction of sp³-hybridized carbons (Fsp3) is 0.467.